The molecule has 1 aliphatic rings. The Balaban J connectivity index is 1.82. The van der Waals surface area contributed by atoms with E-state index in [1.54, 1.807) is 4.90 Å². The van der Waals surface area contributed by atoms with Gasteiger partial charge in [-0.2, -0.15) is 0 Å². The summed E-state index contributed by atoms with van der Waals surface area (Å²) in [7, 11) is 0. The van der Waals surface area contributed by atoms with Crippen molar-refractivity contribution in [2.24, 2.45) is 0 Å². The second kappa shape index (κ2) is 7.56. The van der Waals surface area contributed by atoms with Crippen molar-refractivity contribution in [1.82, 2.24) is 4.90 Å². The van der Waals surface area contributed by atoms with Crippen LogP contribution in [0.1, 0.15) is 18.4 Å². The molecule has 114 valence electrons. The lowest BCUT2D eigenvalue weighted by molar-refractivity contribution is -0.147. The molecule has 1 unspecified atom stereocenters. The second-order valence-corrected chi connectivity index (χ2v) is 5.97. The molecule has 5 nitrogen and oxygen atoms in total. The summed E-state index contributed by atoms with van der Waals surface area (Å²) in [5, 5.41) is 8.78. The SMILES string of the molecule is O=C(O)CC1CN(C(=O)CCc2ccc(Br)cc2)CCO1. The Hall–Kier alpha value is -1.40. The molecule has 1 aromatic carbocycles. The molecule has 2 rings (SSSR count). The molecule has 0 aromatic heterocycles. The molecule has 1 amide bonds. The van der Waals surface area contributed by atoms with Gasteiger partial charge in [-0.05, 0) is 24.1 Å². The number of carbonyl (C=O) groups excluding carboxylic acids is 1. The second-order valence-electron chi connectivity index (χ2n) is 5.06. The van der Waals surface area contributed by atoms with Crippen LogP contribution >= 0.6 is 15.9 Å². The van der Waals surface area contributed by atoms with Crippen LogP contribution in [0.15, 0.2) is 28.7 Å². The fraction of sp³-hybridized carbons (Fsp3) is 0.467. The topological polar surface area (TPSA) is 66.8 Å². The van der Waals surface area contributed by atoms with Gasteiger partial charge in [0.25, 0.3) is 0 Å². The fourth-order valence-electron chi connectivity index (χ4n) is 2.32. The van der Waals surface area contributed by atoms with Gasteiger partial charge in [0.15, 0.2) is 0 Å². The standard InChI is InChI=1S/C15H18BrNO4/c16-12-4-1-11(2-5-12)3-6-14(18)17-7-8-21-13(10-17)9-15(19)20/h1-2,4-5,13H,3,6-10H2,(H,19,20). The molecule has 1 fully saturated rings. The monoisotopic (exact) mass is 355 g/mol. The number of rotatable bonds is 5. The summed E-state index contributed by atoms with van der Waals surface area (Å²) in [5.74, 6) is -0.847. The summed E-state index contributed by atoms with van der Waals surface area (Å²) < 4.78 is 6.38. The third kappa shape index (κ3) is 5.13. The number of benzene rings is 1. The van der Waals surface area contributed by atoms with Crippen molar-refractivity contribution in [3.63, 3.8) is 0 Å². The summed E-state index contributed by atoms with van der Waals surface area (Å²) in [4.78, 5) is 24.6. The van der Waals surface area contributed by atoms with E-state index < -0.39 is 12.1 Å². The highest BCUT2D eigenvalue weighted by Gasteiger charge is 2.25. The fourth-order valence-corrected chi connectivity index (χ4v) is 2.59. The molecular weight excluding hydrogens is 338 g/mol. The zero-order chi connectivity index (χ0) is 15.2. The normalized spacial score (nSPS) is 18.5. The molecule has 1 heterocycles. The van der Waals surface area contributed by atoms with Crippen LogP contribution in [0.2, 0.25) is 0 Å². The lowest BCUT2D eigenvalue weighted by Gasteiger charge is -2.32. The molecular formula is C15H18BrNO4. The molecule has 0 bridgehead atoms. The highest BCUT2D eigenvalue weighted by molar-refractivity contribution is 9.10. The van der Waals surface area contributed by atoms with Gasteiger partial charge in [0.05, 0.1) is 19.1 Å². The van der Waals surface area contributed by atoms with E-state index in [1.807, 2.05) is 24.3 Å². The minimum absolute atomic E-state index is 0.0524. The lowest BCUT2D eigenvalue weighted by atomic mass is 10.1. The van der Waals surface area contributed by atoms with Gasteiger partial charge in [0.1, 0.15) is 0 Å². The van der Waals surface area contributed by atoms with Crippen LogP contribution in [0, 0.1) is 0 Å². The summed E-state index contributed by atoms with van der Waals surface area (Å²) in [6.07, 6.45) is 0.665. The Labute approximate surface area is 132 Å². The Kier molecular flexibility index (Phi) is 5.76. The Morgan fingerprint density at radius 3 is 2.71 bits per heavy atom. The molecule has 1 atom stereocenters. The first-order valence-corrected chi connectivity index (χ1v) is 7.69. The number of hydrogen-bond donors (Lipinski definition) is 1. The number of morpholine rings is 1. The van der Waals surface area contributed by atoms with Crippen molar-refractivity contribution in [3.8, 4) is 0 Å². The van der Waals surface area contributed by atoms with Crippen LogP contribution in [0.4, 0.5) is 0 Å². The minimum Gasteiger partial charge on any atom is -0.481 e. The molecule has 0 aliphatic carbocycles. The van der Waals surface area contributed by atoms with E-state index in [2.05, 4.69) is 15.9 Å². The molecule has 1 N–H and O–H groups in total. The minimum atomic E-state index is -0.899. The van der Waals surface area contributed by atoms with Crippen LogP contribution in [0.25, 0.3) is 0 Å². The number of ether oxygens (including phenoxy) is 1. The number of halogens is 1. The predicted molar refractivity (Wildman–Crippen MR) is 81.0 cm³/mol. The van der Waals surface area contributed by atoms with Gasteiger partial charge >= 0.3 is 5.97 Å². The Bertz CT molecular complexity index is 503. The smallest absolute Gasteiger partial charge is 0.306 e. The summed E-state index contributed by atoms with van der Waals surface area (Å²) in [6, 6.07) is 7.89. The molecule has 0 spiro atoms. The van der Waals surface area contributed by atoms with Crippen LogP contribution in [-0.4, -0.2) is 47.7 Å². The lowest BCUT2D eigenvalue weighted by Crippen LogP contribution is -2.46. The van der Waals surface area contributed by atoms with E-state index in [4.69, 9.17) is 9.84 Å². The van der Waals surface area contributed by atoms with Crippen molar-refractivity contribution in [3.05, 3.63) is 34.3 Å². The number of aliphatic carboxylic acids is 1. The van der Waals surface area contributed by atoms with Crippen molar-refractivity contribution in [2.75, 3.05) is 19.7 Å². The van der Waals surface area contributed by atoms with Crippen LogP contribution in [0.5, 0.6) is 0 Å². The van der Waals surface area contributed by atoms with Gasteiger partial charge in [-0.15, -0.1) is 0 Å². The molecule has 0 radical (unpaired) electrons. The third-order valence-corrected chi connectivity index (χ3v) is 3.96. The molecule has 1 saturated heterocycles. The van der Waals surface area contributed by atoms with Gasteiger partial charge in [0, 0.05) is 24.0 Å². The van der Waals surface area contributed by atoms with Gasteiger partial charge in [-0.25, -0.2) is 0 Å². The Morgan fingerprint density at radius 1 is 1.33 bits per heavy atom. The van der Waals surface area contributed by atoms with Crippen molar-refractivity contribution >= 4 is 27.8 Å². The molecule has 0 saturated carbocycles. The van der Waals surface area contributed by atoms with Crippen molar-refractivity contribution in [1.29, 1.82) is 0 Å². The highest BCUT2D eigenvalue weighted by Crippen LogP contribution is 2.14. The van der Waals surface area contributed by atoms with Crippen LogP contribution in [0.3, 0.4) is 0 Å². The molecule has 6 heteroatoms. The molecule has 1 aliphatic heterocycles. The van der Waals surface area contributed by atoms with Gasteiger partial charge in [-0.3, -0.25) is 9.59 Å². The average Bonchev–Trinajstić information content (AvgIpc) is 2.46. The Morgan fingerprint density at radius 2 is 2.05 bits per heavy atom. The number of amides is 1. The van der Waals surface area contributed by atoms with Gasteiger partial charge in [-0.1, -0.05) is 28.1 Å². The van der Waals surface area contributed by atoms with E-state index in [1.165, 1.54) is 0 Å². The number of carbonyl (C=O) groups is 2. The number of carboxylic acid groups (broad SMARTS) is 1. The number of nitrogens with zero attached hydrogens (tertiary/aromatic N) is 1. The number of carboxylic acids is 1. The van der Waals surface area contributed by atoms with Gasteiger partial charge in [0.2, 0.25) is 5.91 Å². The largest absolute Gasteiger partial charge is 0.481 e. The first kappa shape index (κ1) is 16.0. The number of hydrogen-bond acceptors (Lipinski definition) is 3. The van der Waals surface area contributed by atoms with E-state index in [0.29, 0.717) is 32.5 Å². The predicted octanol–water partition coefficient (Wildman–Crippen LogP) is 2.08. The summed E-state index contributed by atoms with van der Waals surface area (Å²) in [5.41, 5.74) is 1.11. The van der Waals surface area contributed by atoms with E-state index in [0.717, 1.165) is 10.0 Å². The maximum absolute atomic E-state index is 12.2. The summed E-state index contributed by atoms with van der Waals surface area (Å²) >= 11 is 3.38. The first-order valence-electron chi connectivity index (χ1n) is 6.90. The maximum atomic E-state index is 12.2. The van der Waals surface area contributed by atoms with Crippen LogP contribution in [-0.2, 0) is 20.7 Å². The molecule has 1 aromatic rings. The van der Waals surface area contributed by atoms with Crippen LogP contribution < -0.4 is 0 Å². The summed E-state index contributed by atoms with van der Waals surface area (Å²) in [6.45, 7) is 1.31. The zero-order valence-corrected chi connectivity index (χ0v) is 13.2. The van der Waals surface area contributed by atoms with Crippen molar-refractivity contribution < 1.29 is 19.4 Å². The van der Waals surface area contributed by atoms with Crippen molar-refractivity contribution in [2.45, 2.75) is 25.4 Å². The van der Waals surface area contributed by atoms with E-state index in [-0.39, 0.29) is 12.3 Å². The third-order valence-electron chi connectivity index (χ3n) is 3.43. The average molecular weight is 356 g/mol. The highest BCUT2D eigenvalue weighted by atomic mass is 79.9. The quantitative estimate of drug-likeness (QED) is 0.877. The maximum Gasteiger partial charge on any atom is 0.306 e. The first-order chi connectivity index (χ1) is 10.0. The number of aryl methyl sites for hydroxylation is 1. The van der Waals surface area contributed by atoms with E-state index >= 15 is 0 Å². The van der Waals surface area contributed by atoms with E-state index in [9.17, 15) is 9.59 Å². The van der Waals surface area contributed by atoms with Gasteiger partial charge < -0.3 is 14.7 Å². The zero-order valence-electron chi connectivity index (χ0n) is 11.6. The molecule has 21 heavy (non-hydrogen) atoms.